The monoisotopic (exact) mass is 428 g/mol. The highest BCUT2D eigenvalue weighted by atomic mass is 35.5. The van der Waals surface area contributed by atoms with Gasteiger partial charge in [0.1, 0.15) is 6.54 Å². The summed E-state index contributed by atoms with van der Waals surface area (Å²) in [6.07, 6.45) is 2.58. The molecule has 1 atom stereocenters. The Kier molecular flexibility index (Phi) is 7.53. The van der Waals surface area contributed by atoms with E-state index >= 15 is 0 Å². The molecule has 2 rings (SSSR count). The van der Waals surface area contributed by atoms with Crippen LogP contribution in [0.3, 0.4) is 0 Å². The Balaban J connectivity index is 2.02. The first kappa shape index (κ1) is 21.5. The number of rotatable bonds is 8. The second kappa shape index (κ2) is 9.44. The van der Waals surface area contributed by atoms with Gasteiger partial charge in [0.2, 0.25) is 15.9 Å². The molecular weight excluding hydrogens is 407 g/mol. The van der Waals surface area contributed by atoms with Gasteiger partial charge >= 0.3 is 0 Å². The van der Waals surface area contributed by atoms with Gasteiger partial charge in [-0.15, -0.1) is 0 Å². The molecule has 0 aliphatic heterocycles. The van der Waals surface area contributed by atoms with Gasteiger partial charge in [-0.1, -0.05) is 53.5 Å². The molecule has 0 radical (unpaired) electrons. The molecule has 1 N–H and O–H groups in total. The Bertz CT molecular complexity index is 889. The van der Waals surface area contributed by atoms with Crippen LogP contribution >= 0.6 is 23.2 Å². The quantitative estimate of drug-likeness (QED) is 0.692. The van der Waals surface area contributed by atoms with Crippen LogP contribution in [0.5, 0.6) is 0 Å². The van der Waals surface area contributed by atoms with Crippen molar-refractivity contribution in [2.24, 2.45) is 0 Å². The Morgan fingerprint density at radius 2 is 1.81 bits per heavy atom. The van der Waals surface area contributed by atoms with E-state index in [1.807, 2.05) is 37.3 Å². The maximum absolute atomic E-state index is 12.4. The molecule has 27 heavy (non-hydrogen) atoms. The van der Waals surface area contributed by atoms with Crippen LogP contribution in [0.2, 0.25) is 10.0 Å². The highest BCUT2D eigenvalue weighted by Gasteiger charge is 2.24. The summed E-state index contributed by atoms with van der Waals surface area (Å²) in [4.78, 5) is 12.4. The summed E-state index contributed by atoms with van der Waals surface area (Å²) >= 11 is 12.1. The molecule has 1 amide bonds. The number of sulfonamides is 1. The zero-order valence-corrected chi connectivity index (χ0v) is 17.5. The third kappa shape index (κ3) is 6.72. The fourth-order valence-corrected chi connectivity index (χ4v) is 3.91. The van der Waals surface area contributed by atoms with Gasteiger partial charge in [-0.25, -0.2) is 8.42 Å². The van der Waals surface area contributed by atoms with Crippen LogP contribution in [0.1, 0.15) is 18.9 Å². The van der Waals surface area contributed by atoms with Gasteiger partial charge in [-0.2, -0.15) is 0 Å². The lowest BCUT2D eigenvalue weighted by Gasteiger charge is -2.24. The van der Waals surface area contributed by atoms with Gasteiger partial charge in [0.15, 0.2) is 0 Å². The van der Waals surface area contributed by atoms with E-state index in [2.05, 4.69) is 5.32 Å². The molecule has 0 unspecified atom stereocenters. The average Bonchev–Trinajstić information content (AvgIpc) is 2.60. The van der Waals surface area contributed by atoms with Crippen LogP contribution in [0.15, 0.2) is 48.5 Å². The van der Waals surface area contributed by atoms with Gasteiger partial charge in [-0.05, 0) is 43.5 Å². The Hall–Kier alpha value is -1.76. The number of hydrogen-bond donors (Lipinski definition) is 1. The van der Waals surface area contributed by atoms with E-state index in [0.29, 0.717) is 5.02 Å². The summed E-state index contributed by atoms with van der Waals surface area (Å²) in [6, 6.07) is 14.3. The molecule has 8 heteroatoms. The van der Waals surface area contributed by atoms with E-state index in [1.165, 1.54) is 17.7 Å². The first-order chi connectivity index (χ1) is 12.7. The number of anilines is 1. The number of amides is 1. The number of hydrogen-bond acceptors (Lipinski definition) is 3. The molecule has 0 saturated heterocycles. The normalized spacial score (nSPS) is 12.4. The van der Waals surface area contributed by atoms with E-state index < -0.39 is 15.9 Å². The Morgan fingerprint density at radius 1 is 1.15 bits per heavy atom. The molecule has 2 aromatic carbocycles. The third-order valence-electron chi connectivity index (χ3n) is 3.98. The Labute approximate surface area is 170 Å². The summed E-state index contributed by atoms with van der Waals surface area (Å²) in [5, 5.41) is 3.37. The number of carbonyl (C=O) groups excluding carboxylic acids is 1. The van der Waals surface area contributed by atoms with E-state index in [0.717, 1.165) is 23.4 Å². The predicted octanol–water partition coefficient (Wildman–Crippen LogP) is 3.90. The summed E-state index contributed by atoms with van der Waals surface area (Å²) in [6.45, 7) is 1.52. The standard InChI is InChI=1S/C19H22Cl2N2O3S/c1-14(8-9-15-6-4-3-5-7-15)22-19(24)13-23(27(2,25)26)18-12-16(20)10-11-17(18)21/h3-7,10-12,14H,8-9,13H2,1-2H3,(H,22,24)/t14-/m0/s1. The lowest BCUT2D eigenvalue weighted by atomic mass is 10.1. The highest BCUT2D eigenvalue weighted by molar-refractivity contribution is 7.92. The maximum Gasteiger partial charge on any atom is 0.240 e. The van der Waals surface area contributed by atoms with Crippen LogP contribution in [0.25, 0.3) is 0 Å². The van der Waals surface area contributed by atoms with E-state index in [1.54, 1.807) is 6.07 Å². The van der Waals surface area contributed by atoms with Gasteiger partial charge < -0.3 is 5.32 Å². The van der Waals surface area contributed by atoms with Crippen molar-refractivity contribution in [3.63, 3.8) is 0 Å². The van der Waals surface area contributed by atoms with E-state index in [9.17, 15) is 13.2 Å². The smallest absolute Gasteiger partial charge is 0.240 e. The molecule has 5 nitrogen and oxygen atoms in total. The molecule has 0 saturated carbocycles. The minimum atomic E-state index is -3.71. The first-order valence-electron chi connectivity index (χ1n) is 8.43. The lowest BCUT2D eigenvalue weighted by molar-refractivity contribution is -0.120. The van der Waals surface area contributed by atoms with Crippen molar-refractivity contribution in [2.75, 3.05) is 17.1 Å². The van der Waals surface area contributed by atoms with Gasteiger partial charge in [0, 0.05) is 11.1 Å². The zero-order valence-electron chi connectivity index (χ0n) is 15.2. The van der Waals surface area contributed by atoms with Crippen molar-refractivity contribution < 1.29 is 13.2 Å². The zero-order chi connectivity index (χ0) is 20.0. The summed E-state index contributed by atoms with van der Waals surface area (Å²) in [5.41, 5.74) is 1.36. The number of carbonyl (C=O) groups is 1. The summed E-state index contributed by atoms with van der Waals surface area (Å²) in [5.74, 6) is -0.406. The lowest BCUT2D eigenvalue weighted by Crippen LogP contribution is -2.43. The minimum Gasteiger partial charge on any atom is -0.352 e. The van der Waals surface area contributed by atoms with Crippen molar-refractivity contribution in [3.05, 3.63) is 64.1 Å². The number of aryl methyl sites for hydroxylation is 1. The van der Waals surface area contributed by atoms with Gasteiger partial charge in [0.05, 0.1) is 17.0 Å². The topological polar surface area (TPSA) is 66.5 Å². The van der Waals surface area contributed by atoms with Gasteiger partial charge in [0.25, 0.3) is 0 Å². The fraction of sp³-hybridized carbons (Fsp3) is 0.316. The maximum atomic E-state index is 12.4. The van der Waals surface area contributed by atoms with Crippen molar-refractivity contribution in [1.82, 2.24) is 5.32 Å². The number of benzene rings is 2. The second-order valence-corrected chi connectivity index (χ2v) is 9.11. The molecule has 0 bridgehead atoms. The van der Waals surface area contributed by atoms with Crippen LogP contribution in [-0.2, 0) is 21.2 Å². The highest BCUT2D eigenvalue weighted by Crippen LogP contribution is 2.30. The van der Waals surface area contributed by atoms with Gasteiger partial charge in [-0.3, -0.25) is 9.10 Å². The molecule has 0 aromatic heterocycles. The molecule has 146 valence electrons. The fourth-order valence-electron chi connectivity index (χ4n) is 2.61. The Morgan fingerprint density at radius 3 is 2.44 bits per heavy atom. The summed E-state index contributed by atoms with van der Waals surface area (Å²) < 4.78 is 25.3. The average molecular weight is 429 g/mol. The van der Waals surface area contributed by atoms with E-state index in [4.69, 9.17) is 23.2 Å². The summed E-state index contributed by atoms with van der Waals surface area (Å²) in [7, 11) is -3.71. The SMILES string of the molecule is C[C@@H](CCc1ccccc1)NC(=O)CN(c1cc(Cl)ccc1Cl)S(C)(=O)=O. The van der Waals surface area contributed by atoms with Crippen molar-refractivity contribution >= 4 is 44.8 Å². The van der Waals surface area contributed by atoms with Crippen LogP contribution in [-0.4, -0.2) is 33.2 Å². The first-order valence-corrected chi connectivity index (χ1v) is 11.0. The number of nitrogens with zero attached hydrogens (tertiary/aromatic N) is 1. The number of nitrogens with one attached hydrogen (secondary N) is 1. The minimum absolute atomic E-state index is 0.103. The molecular formula is C19H22Cl2N2O3S. The predicted molar refractivity (Wildman–Crippen MR) is 111 cm³/mol. The van der Waals surface area contributed by atoms with Crippen LogP contribution < -0.4 is 9.62 Å². The largest absolute Gasteiger partial charge is 0.352 e. The van der Waals surface area contributed by atoms with Crippen molar-refractivity contribution in [3.8, 4) is 0 Å². The molecule has 0 aliphatic rings. The van der Waals surface area contributed by atoms with Crippen molar-refractivity contribution in [1.29, 1.82) is 0 Å². The van der Waals surface area contributed by atoms with Crippen LogP contribution in [0.4, 0.5) is 5.69 Å². The second-order valence-electron chi connectivity index (χ2n) is 6.36. The van der Waals surface area contributed by atoms with Crippen molar-refractivity contribution in [2.45, 2.75) is 25.8 Å². The molecule has 0 fully saturated rings. The molecule has 0 spiro atoms. The molecule has 0 heterocycles. The molecule has 0 aliphatic carbocycles. The molecule has 2 aromatic rings. The third-order valence-corrected chi connectivity index (χ3v) is 5.66. The number of halogens is 2. The van der Waals surface area contributed by atoms with Crippen LogP contribution in [0, 0.1) is 0 Å². The van der Waals surface area contributed by atoms with E-state index in [-0.39, 0.29) is 23.3 Å².